The van der Waals surface area contributed by atoms with Gasteiger partial charge in [-0.15, -0.1) is 0 Å². The average molecular weight is 328 g/mol. The predicted octanol–water partition coefficient (Wildman–Crippen LogP) is 2.98. The minimum atomic E-state index is -0.356. The summed E-state index contributed by atoms with van der Waals surface area (Å²) in [7, 11) is 1.61. The molecule has 2 atom stereocenters. The van der Waals surface area contributed by atoms with Crippen molar-refractivity contribution in [1.82, 2.24) is 4.90 Å². The normalized spacial score (nSPS) is 23.1. The standard InChI is InChI=1S/C19H24N2O3/c1-24-16-11-9-15(10-12-16)20-18(22)17-8-5-13-21(17)19(23)14-6-3-2-4-7-14/h2-3,9-12,14,17H,4-8,13H2,1H3,(H,20,22)/t14-,17+/m0/s1. The van der Waals surface area contributed by atoms with Crippen molar-refractivity contribution < 1.29 is 14.3 Å². The Bertz CT molecular complexity index is 624. The number of nitrogens with one attached hydrogen (secondary N) is 1. The van der Waals surface area contributed by atoms with Crippen molar-refractivity contribution in [2.75, 3.05) is 19.0 Å². The van der Waals surface area contributed by atoms with Gasteiger partial charge in [-0.05, 0) is 56.4 Å². The molecule has 1 aliphatic carbocycles. The zero-order chi connectivity index (χ0) is 16.9. The Morgan fingerprint density at radius 1 is 1.17 bits per heavy atom. The molecule has 2 aliphatic rings. The van der Waals surface area contributed by atoms with Crippen LogP contribution >= 0.6 is 0 Å². The Morgan fingerprint density at radius 3 is 2.62 bits per heavy atom. The molecule has 0 spiro atoms. The fourth-order valence-corrected chi connectivity index (χ4v) is 3.46. The quantitative estimate of drug-likeness (QED) is 0.865. The van der Waals surface area contributed by atoms with Crippen LogP contribution in [0, 0.1) is 5.92 Å². The number of ether oxygens (including phenoxy) is 1. The molecule has 0 bridgehead atoms. The first-order valence-electron chi connectivity index (χ1n) is 8.59. The minimum Gasteiger partial charge on any atom is -0.497 e. The summed E-state index contributed by atoms with van der Waals surface area (Å²) in [6.45, 7) is 0.680. The number of carbonyl (C=O) groups is 2. The molecule has 1 N–H and O–H groups in total. The summed E-state index contributed by atoms with van der Waals surface area (Å²) in [4.78, 5) is 27.1. The first-order valence-corrected chi connectivity index (χ1v) is 8.59. The number of methoxy groups -OCH3 is 1. The van der Waals surface area contributed by atoms with Crippen LogP contribution in [0.1, 0.15) is 32.1 Å². The van der Waals surface area contributed by atoms with E-state index in [4.69, 9.17) is 4.74 Å². The average Bonchev–Trinajstić information content (AvgIpc) is 3.12. The van der Waals surface area contributed by atoms with Crippen LogP contribution in [0.4, 0.5) is 5.69 Å². The van der Waals surface area contributed by atoms with E-state index in [9.17, 15) is 9.59 Å². The highest BCUT2D eigenvalue weighted by molar-refractivity contribution is 5.97. The van der Waals surface area contributed by atoms with Crippen molar-refractivity contribution in [3.05, 3.63) is 36.4 Å². The van der Waals surface area contributed by atoms with Crippen LogP contribution in [0.5, 0.6) is 5.75 Å². The molecule has 1 saturated heterocycles. The van der Waals surface area contributed by atoms with E-state index in [1.54, 1.807) is 12.0 Å². The Morgan fingerprint density at radius 2 is 1.96 bits per heavy atom. The molecule has 1 aromatic carbocycles. The van der Waals surface area contributed by atoms with Crippen LogP contribution in [0.2, 0.25) is 0 Å². The van der Waals surface area contributed by atoms with Crippen LogP contribution in [0.15, 0.2) is 36.4 Å². The lowest BCUT2D eigenvalue weighted by Gasteiger charge is -2.28. The topological polar surface area (TPSA) is 58.6 Å². The van der Waals surface area contributed by atoms with E-state index in [0.29, 0.717) is 6.54 Å². The summed E-state index contributed by atoms with van der Waals surface area (Å²) in [5, 5.41) is 2.92. The number of anilines is 1. The SMILES string of the molecule is COc1ccc(NC(=O)[C@H]2CCCN2C(=O)[C@H]2CC=CCC2)cc1. The molecule has 128 valence electrons. The predicted molar refractivity (Wildman–Crippen MR) is 92.8 cm³/mol. The number of benzene rings is 1. The van der Waals surface area contributed by atoms with Crippen molar-refractivity contribution >= 4 is 17.5 Å². The van der Waals surface area contributed by atoms with Gasteiger partial charge < -0.3 is 15.0 Å². The van der Waals surface area contributed by atoms with E-state index in [1.807, 2.05) is 24.3 Å². The van der Waals surface area contributed by atoms with E-state index < -0.39 is 0 Å². The lowest BCUT2D eigenvalue weighted by atomic mass is 9.93. The molecular formula is C19H24N2O3. The number of rotatable bonds is 4. The van der Waals surface area contributed by atoms with Gasteiger partial charge in [-0.1, -0.05) is 12.2 Å². The molecule has 5 nitrogen and oxygen atoms in total. The number of carbonyl (C=O) groups excluding carboxylic acids is 2. The molecule has 1 fully saturated rings. The maximum Gasteiger partial charge on any atom is 0.247 e. The summed E-state index contributed by atoms with van der Waals surface area (Å²) in [5.74, 6) is 0.810. The fraction of sp³-hybridized carbons (Fsp3) is 0.474. The van der Waals surface area contributed by atoms with Gasteiger partial charge >= 0.3 is 0 Å². The maximum absolute atomic E-state index is 12.7. The van der Waals surface area contributed by atoms with Crippen molar-refractivity contribution in [2.45, 2.75) is 38.1 Å². The van der Waals surface area contributed by atoms with Gasteiger partial charge in [0.2, 0.25) is 11.8 Å². The number of nitrogens with zero attached hydrogens (tertiary/aromatic N) is 1. The van der Waals surface area contributed by atoms with E-state index >= 15 is 0 Å². The molecular weight excluding hydrogens is 304 g/mol. The molecule has 2 amide bonds. The third kappa shape index (κ3) is 3.61. The highest BCUT2D eigenvalue weighted by atomic mass is 16.5. The molecule has 0 unspecified atom stereocenters. The minimum absolute atomic E-state index is 0.0318. The highest BCUT2D eigenvalue weighted by Gasteiger charge is 2.36. The molecule has 24 heavy (non-hydrogen) atoms. The van der Waals surface area contributed by atoms with Gasteiger partial charge in [0.15, 0.2) is 0 Å². The van der Waals surface area contributed by atoms with Crippen LogP contribution in [0.3, 0.4) is 0 Å². The van der Waals surface area contributed by atoms with Crippen molar-refractivity contribution in [1.29, 1.82) is 0 Å². The molecule has 0 aromatic heterocycles. The zero-order valence-corrected chi connectivity index (χ0v) is 14.0. The Labute approximate surface area is 142 Å². The van der Waals surface area contributed by atoms with E-state index in [1.165, 1.54) is 0 Å². The zero-order valence-electron chi connectivity index (χ0n) is 14.0. The maximum atomic E-state index is 12.7. The van der Waals surface area contributed by atoms with E-state index in [2.05, 4.69) is 17.5 Å². The van der Waals surface area contributed by atoms with Crippen LogP contribution in [0.25, 0.3) is 0 Å². The van der Waals surface area contributed by atoms with Gasteiger partial charge in [0, 0.05) is 18.2 Å². The van der Waals surface area contributed by atoms with Crippen LogP contribution < -0.4 is 10.1 Å². The van der Waals surface area contributed by atoms with Gasteiger partial charge in [0.1, 0.15) is 11.8 Å². The van der Waals surface area contributed by atoms with E-state index in [-0.39, 0.29) is 23.8 Å². The molecule has 1 aromatic rings. The summed E-state index contributed by atoms with van der Waals surface area (Å²) >= 11 is 0. The van der Waals surface area contributed by atoms with Crippen molar-refractivity contribution in [2.24, 2.45) is 5.92 Å². The number of likely N-dealkylation sites (tertiary alicyclic amines) is 1. The molecule has 0 radical (unpaired) electrons. The first-order chi connectivity index (χ1) is 11.7. The summed E-state index contributed by atoms with van der Waals surface area (Å²) in [5.41, 5.74) is 0.723. The lowest BCUT2D eigenvalue weighted by Crippen LogP contribution is -2.45. The summed E-state index contributed by atoms with van der Waals surface area (Å²) in [6, 6.07) is 6.88. The van der Waals surface area contributed by atoms with Gasteiger partial charge in [0.25, 0.3) is 0 Å². The lowest BCUT2D eigenvalue weighted by molar-refractivity contribution is -0.140. The first kappa shape index (κ1) is 16.6. The second-order valence-corrected chi connectivity index (χ2v) is 6.39. The third-order valence-corrected chi connectivity index (χ3v) is 4.81. The van der Waals surface area contributed by atoms with Gasteiger partial charge in [-0.25, -0.2) is 0 Å². The number of allylic oxidation sites excluding steroid dienone is 2. The number of hydrogen-bond donors (Lipinski definition) is 1. The largest absolute Gasteiger partial charge is 0.497 e. The third-order valence-electron chi connectivity index (χ3n) is 4.81. The molecule has 3 rings (SSSR count). The second-order valence-electron chi connectivity index (χ2n) is 6.39. The van der Waals surface area contributed by atoms with E-state index in [0.717, 1.165) is 43.5 Å². The monoisotopic (exact) mass is 328 g/mol. The Hall–Kier alpha value is -2.30. The number of amides is 2. The Balaban J connectivity index is 1.64. The molecule has 0 saturated carbocycles. The highest BCUT2D eigenvalue weighted by Crippen LogP contribution is 2.27. The van der Waals surface area contributed by atoms with Crippen LogP contribution in [-0.4, -0.2) is 36.4 Å². The van der Waals surface area contributed by atoms with Crippen molar-refractivity contribution in [3.8, 4) is 5.75 Å². The van der Waals surface area contributed by atoms with Gasteiger partial charge in [-0.3, -0.25) is 9.59 Å². The summed E-state index contributed by atoms with van der Waals surface area (Å²) < 4.78 is 5.12. The second kappa shape index (κ2) is 7.51. The van der Waals surface area contributed by atoms with Gasteiger partial charge in [0.05, 0.1) is 7.11 Å². The fourth-order valence-electron chi connectivity index (χ4n) is 3.46. The van der Waals surface area contributed by atoms with Crippen molar-refractivity contribution in [3.63, 3.8) is 0 Å². The molecule has 1 aliphatic heterocycles. The molecule has 1 heterocycles. The van der Waals surface area contributed by atoms with Gasteiger partial charge in [-0.2, -0.15) is 0 Å². The van der Waals surface area contributed by atoms with Crippen LogP contribution in [-0.2, 0) is 9.59 Å². The molecule has 5 heteroatoms. The number of hydrogen-bond acceptors (Lipinski definition) is 3. The smallest absolute Gasteiger partial charge is 0.247 e. The Kier molecular flexibility index (Phi) is 5.18. The summed E-state index contributed by atoms with van der Waals surface area (Å²) in [6.07, 6.45) is 8.45.